The Morgan fingerprint density at radius 1 is 0.526 bits per heavy atom. The molecule has 0 saturated carbocycles. The summed E-state index contributed by atoms with van der Waals surface area (Å²) in [5.74, 6) is -1.41. The van der Waals surface area contributed by atoms with Crippen LogP contribution in [0, 0.1) is 0 Å². The van der Waals surface area contributed by atoms with Crippen molar-refractivity contribution in [3.8, 4) is 0 Å². The molecule has 0 aromatic carbocycles. The van der Waals surface area contributed by atoms with Crippen LogP contribution >= 0.6 is 0 Å². The Morgan fingerprint density at radius 3 is 1.37 bits per heavy atom. The van der Waals surface area contributed by atoms with Crippen LogP contribution in [0.2, 0.25) is 0 Å². The van der Waals surface area contributed by atoms with Gasteiger partial charge in [0.15, 0.2) is 5.79 Å². The van der Waals surface area contributed by atoms with Gasteiger partial charge in [-0.05, 0) is 6.42 Å². The molecule has 2 N–H and O–H groups in total. The summed E-state index contributed by atoms with van der Waals surface area (Å²) in [6.07, 6.45) is 16.2. The third-order valence-corrected chi connectivity index (χ3v) is 3.83. The molecule has 0 aliphatic rings. The summed E-state index contributed by atoms with van der Waals surface area (Å²) >= 11 is 0. The Morgan fingerprint density at radius 2 is 0.947 bits per heavy atom. The van der Waals surface area contributed by atoms with Gasteiger partial charge in [-0.3, -0.25) is 0 Å². The normalized spacial score (nSPS) is 12.0. The minimum atomic E-state index is -1.41. The number of rotatable bonds is 14. The molecule has 0 saturated heterocycles. The second-order valence-corrected chi connectivity index (χ2v) is 6.02. The topological polar surface area (TPSA) is 40.5 Å². The highest BCUT2D eigenvalue weighted by molar-refractivity contribution is 4.63. The molecule has 0 aliphatic heterocycles. The number of aliphatic hydroxyl groups is 2. The fourth-order valence-corrected chi connectivity index (χ4v) is 2.60. The summed E-state index contributed by atoms with van der Waals surface area (Å²) in [6, 6.07) is 0. The van der Waals surface area contributed by atoms with Gasteiger partial charge in [0, 0.05) is 12.8 Å². The molecule has 0 spiro atoms. The zero-order valence-electron chi connectivity index (χ0n) is 13.3. The van der Waals surface area contributed by atoms with E-state index in [0.717, 1.165) is 19.3 Å². The molecule has 0 bridgehead atoms. The zero-order valence-corrected chi connectivity index (χ0v) is 13.3. The van der Waals surface area contributed by atoms with Gasteiger partial charge >= 0.3 is 0 Å². The zero-order chi connectivity index (χ0) is 14.4. The van der Waals surface area contributed by atoms with Gasteiger partial charge in [0.25, 0.3) is 0 Å². The molecule has 0 fully saturated rings. The van der Waals surface area contributed by atoms with Crippen molar-refractivity contribution in [1.29, 1.82) is 0 Å². The maximum Gasteiger partial charge on any atom is 0.162 e. The van der Waals surface area contributed by atoms with Crippen LogP contribution in [0.3, 0.4) is 0 Å². The largest absolute Gasteiger partial charge is 0.366 e. The minimum Gasteiger partial charge on any atom is -0.366 e. The third-order valence-electron chi connectivity index (χ3n) is 3.83. The van der Waals surface area contributed by atoms with Crippen molar-refractivity contribution in [3.05, 3.63) is 0 Å². The van der Waals surface area contributed by atoms with Crippen LogP contribution in [0.4, 0.5) is 0 Å². The molecule has 0 heterocycles. The number of hydrogen-bond acceptors (Lipinski definition) is 2. The van der Waals surface area contributed by atoms with E-state index in [2.05, 4.69) is 6.92 Å². The van der Waals surface area contributed by atoms with Crippen molar-refractivity contribution >= 4 is 0 Å². The lowest BCUT2D eigenvalue weighted by Gasteiger charge is -2.20. The highest BCUT2D eigenvalue weighted by Gasteiger charge is 2.20. The van der Waals surface area contributed by atoms with Gasteiger partial charge in [-0.2, -0.15) is 0 Å². The lowest BCUT2D eigenvalue weighted by atomic mass is 10.0. The van der Waals surface area contributed by atoms with E-state index in [-0.39, 0.29) is 0 Å². The second kappa shape index (κ2) is 12.9. The van der Waals surface area contributed by atoms with Gasteiger partial charge in [0.2, 0.25) is 0 Å². The molecule has 0 atom stereocenters. The molecule has 0 rings (SSSR count). The lowest BCUT2D eigenvalue weighted by molar-refractivity contribution is -0.171. The fraction of sp³-hybridized carbons (Fsp3) is 1.00. The first-order valence-electron chi connectivity index (χ1n) is 8.57. The SMILES string of the molecule is CCCCCCCCCCCCCC(O)(O)CCC. The van der Waals surface area contributed by atoms with Crippen molar-refractivity contribution in [2.45, 2.75) is 110 Å². The Hall–Kier alpha value is -0.0800. The Kier molecular flexibility index (Phi) is 12.9. The van der Waals surface area contributed by atoms with Crippen LogP contribution in [-0.4, -0.2) is 16.0 Å². The summed E-state index contributed by atoms with van der Waals surface area (Å²) in [7, 11) is 0. The summed E-state index contributed by atoms with van der Waals surface area (Å²) in [5.41, 5.74) is 0. The highest BCUT2D eigenvalue weighted by Crippen LogP contribution is 2.18. The van der Waals surface area contributed by atoms with Gasteiger partial charge in [-0.15, -0.1) is 0 Å². The molecule has 0 amide bonds. The second-order valence-electron chi connectivity index (χ2n) is 6.02. The quantitative estimate of drug-likeness (QED) is 0.338. The van der Waals surface area contributed by atoms with E-state index in [9.17, 15) is 10.2 Å². The van der Waals surface area contributed by atoms with Gasteiger partial charge in [-0.25, -0.2) is 0 Å². The molecular weight excluding hydrogens is 236 g/mol. The van der Waals surface area contributed by atoms with Crippen LogP contribution in [0.15, 0.2) is 0 Å². The van der Waals surface area contributed by atoms with Crippen LogP contribution in [0.1, 0.15) is 104 Å². The van der Waals surface area contributed by atoms with Crippen LogP contribution in [0.5, 0.6) is 0 Å². The first kappa shape index (κ1) is 18.9. The molecule has 2 heteroatoms. The molecule has 0 aromatic rings. The van der Waals surface area contributed by atoms with E-state index in [1.807, 2.05) is 6.92 Å². The van der Waals surface area contributed by atoms with E-state index in [0.29, 0.717) is 12.8 Å². The molecule has 0 aromatic heterocycles. The predicted molar refractivity (Wildman–Crippen MR) is 83.2 cm³/mol. The molecule has 0 radical (unpaired) electrons. The number of hydrogen-bond donors (Lipinski definition) is 2. The van der Waals surface area contributed by atoms with Gasteiger partial charge < -0.3 is 10.2 Å². The Labute approximate surface area is 120 Å². The van der Waals surface area contributed by atoms with Gasteiger partial charge in [0.1, 0.15) is 0 Å². The fourth-order valence-electron chi connectivity index (χ4n) is 2.60. The third kappa shape index (κ3) is 14.1. The summed E-state index contributed by atoms with van der Waals surface area (Å²) in [4.78, 5) is 0. The Bertz CT molecular complexity index is 178. The van der Waals surface area contributed by atoms with E-state index < -0.39 is 5.79 Å². The summed E-state index contributed by atoms with van der Waals surface area (Å²) in [6.45, 7) is 4.25. The van der Waals surface area contributed by atoms with E-state index in [4.69, 9.17) is 0 Å². The molecular formula is C17H36O2. The molecule has 0 unspecified atom stereocenters. The van der Waals surface area contributed by atoms with Crippen molar-refractivity contribution < 1.29 is 10.2 Å². The van der Waals surface area contributed by atoms with E-state index >= 15 is 0 Å². The maximum absolute atomic E-state index is 9.61. The summed E-state index contributed by atoms with van der Waals surface area (Å²) < 4.78 is 0. The molecule has 19 heavy (non-hydrogen) atoms. The lowest BCUT2D eigenvalue weighted by Crippen LogP contribution is -2.27. The molecule has 0 aliphatic carbocycles. The standard InChI is InChI=1S/C17H36O2/c1-3-5-6-7-8-9-10-11-12-13-14-16-17(18,19)15-4-2/h18-19H,3-16H2,1-2H3. The van der Waals surface area contributed by atoms with Crippen LogP contribution < -0.4 is 0 Å². The maximum atomic E-state index is 9.61. The molecule has 116 valence electrons. The van der Waals surface area contributed by atoms with Gasteiger partial charge in [0.05, 0.1) is 0 Å². The Balaban J connectivity index is 3.14. The highest BCUT2D eigenvalue weighted by atomic mass is 16.5. The average Bonchev–Trinajstić information content (AvgIpc) is 2.36. The van der Waals surface area contributed by atoms with E-state index in [1.165, 1.54) is 57.8 Å². The monoisotopic (exact) mass is 272 g/mol. The van der Waals surface area contributed by atoms with Crippen molar-refractivity contribution in [3.63, 3.8) is 0 Å². The first-order valence-corrected chi connectivity index (χ1v) is 8.57. The minimum absolute atomic E-state index is 0.505. The molecule has 2 nitrogen and oxygen atoms in total. The van der Waals surface area contributed by atoms with Crippen LogP contribution in [-0.2, 0) is 0 Å². The first-order chi connectivity index (χ1) is 9.12. The smallest absolute Gasteiger partial charge is 0.162 e. The van der Waals surface area contributed by atoms with Crippen molar-refractivity contribution in [2.75, 3.05) is 0 Å². The predicted octanol–water partition coefficient (Wildman–Crippen LogP) is 5.17. The van der Waals surface area contributed by atoms with Gasteiger partial charge in [-0.1, -0.05) is 84.5 Å². The van der Waals surface area contributed by atoms with Crippen molar-refractivity contribution in [2.24, 2.45) is 0 Å². The van der Waals surface area contributed by atoms with Crippen LogP contribution in [0.25, 0.3) is 0 Å². The number of unbranched alkanes of at least 4 members (excludes halogenated alkanes) is 10. The van der Waals surface area contributed by atoms with E-state index in [1.54, 1.807) is 0 Å². The average molecular weight is 272 g/mol. The van der Waals surface area contributed by atoms with Crippen molar-refractivity contribution in [1.82, 2.24) is 0 Å². The summed E-state index contributed by atoms with van der Waals surface area (Å²) in [5, 5.41) is 19.2.